The van der Waals surface area contributed by atoms with E-state index < -0.39 is 0 Å². The van der Waals surface area contributed by atoms with Crippen molar-refractivity contribution in [3.63, 3.8) is 0 Å². The molecule has 0 spiro atoms. The van der Waals surface area contributed by atoms with Crippen LogP contribution in [-0.4, -0.2) is 26.5 Å². The first-order valence-electron chi connectivity index (χ1n) is 5.86. The Morgan fingerprint density at radius 2 is 2.24 bits per heavy atom. The average molecular weight is 236 g/mol. The number of benzene rings is 1. The molecule has 0 unspecified atom stereocenters. The normalized spacial score (nSPS) is 10.0. The van der Waals surface area contributed by atoms with Crippen LogP contribution in [0.3, 0.4) is 0 Å². The summed E-state index contributed by atoms with van der Waals surface area (Å²) >= 11 is 0. The molecule has 0 bridgehead atoms. The highest BCUT2D eigenvalue weighted by molar-refractivity contribution is 5.64. The van der Waals surface area contributed by atoms with Crippen molar-refractivity contribution in [2.45, 2.75) is 19.8 Å². The van der Waals surface area contributed by atoms with Crippen molar-refractivity contribution in [3.8, 4) is 5.75 Å². The topological polar surface area (TPSA) is 55.6 Å². The zero-order valence-electron chi connectivity index (χ0n) is 10.5. The van der Waals surface area contributed by atoms with Gasteiger partial charge in [-0.15, -0.1) is 0 Å². The molecule has 4 heteroatoms. The minimum absolute atomic E-state index is 0.0536. The van der Waals surface area contributed by atoms with Gasteiger partial charge in [-0.2, -0.15) is 0 Å². The molecular formula is C13H20N2O2. The van der Waals surface area contributed by atoms with E-state index in [1.54, 1.807) is 6.07 Å². The third kappa shape index (κ3) is 3.98. The second kappa shape index (κ2) is 6.78. The van der Waals surface area contributed by atoms with Crippen molar-refractivity contribution in [3.05, 3.63) is 18.2 Å². The van der Waals surface area contributed by atoms with E-state index in [9.17, 15) is 4.79 Å². The number of anilines is 2. The maximum Gasteiger partial charge on any atom is 0.157 e. The lowest BCUT2D eigenvalue weighted by atomic mass is 10.2. The molecule has 0 fully saturated rings. The minimum Gasteiger partial charge on any atom is -0.484 e. The minimum atomic E-state index is 0.0536. The van der Waals surface area contributed by atoms with E-state index in [4.69, 9.17) is 10.5 Å². The van der Waals surface area contributed by atoms with Crippen molar-refractivity contribution in [1.29, 1.82) is 0 Å². The number of carbonyl (C=O) groups excluding carboxylic acids is 1. The van der Waals surface area contributed by atoms with Crippen LogP contribution in [0.4, 0.5) is 11.4 Å². The summed E-state index contributed by atoms with van der Waals surface area (Å²) in [5.74, 6) is 0.663. The first-order chi connectivity index (χ1) is 8.19. The quantitative estimate of drug-likeness (QED) is 0.581. The standard InChI is InChI=1S/C13H20N2O2/c1-3-4-7-15(2)12-6-5-11(14)10-13(12)17-9-8-16/h5-6,8,10H,3-4,7,9,14H2,1-2H3. The zero-order valence-corrected chi connectivity index (χ0v) is 10.5. The van der Waals surface area contributed by atoms with Crippen molar-refractivity contribution in [2.24, 2.45) is 0 Å². The van der Waals surface area contributed by atoms with Crippen molar-refractivity contribution >= 4 is 17.7 Å². The van der Waals surface area contributed by atoms with Gasteiger partial charge in [0.1, 0.15) is 12.4 Å². The van der Waals surface area contributed by atoms with E-state index in [-0.39, 0.29) is 6.61 Å². The van der Waals surface area contributed by atoms with Gasteiger partial charge in [-0.3, -0.25) is 4.79 Å². The van der Waals surface area contributed by atoms with Gasteiger partial charge in [0, 0.05) is 25.3 Å². The first kappa shape index (κ1) is 13.4. The van der Waals surface area contributed by atoms with Gasteiger partial charge in [-0.1, -0.05) is 13.3 Å². The Balaban J connectivity index is 2.84. The Morgan fingerprint density at radius 3 is 2.88 bits per heavy atom. The SMILES string of the molecule is CCCCN(C)c1ccc(N)cc1OCC=O. The molecule has 0 atom stereocenters. The summed E-state index contributed by atoms with van der Waals surface area (Å²) in [5.41, 5.74) is 7.32. The van der Waals surface area contributed by atoms with Crippen LogP contribution in [0.15, 0.2) is 18.2 Å². The van der Waals surface area contributed by atoms with Crippen molar-refractivity contribution < 1.29 is 9.53 Å². The predicted molar refractivity (Wildman–Crippen MR) is 70.6 cm³/mol. The van der Waals surface area contributed by atoms with Crippen LogP contribution >= 0.6 is 0 Å². The van der Waals surface area contributed by atoms with Gasteiger partial charge >= 0.3 is 0 Å². The van der Waals surface area contributed by atoms with Gasteiger partial charge in [0.2, 0.25) is 0 Å². The van der Waals surface area contributed by atoms with Gasteiger partial charge < -0.3 is 15.4 Å². The Morgan fingerprint density at radius 1 is 1.47 bits per heavy atom. The molecule has 0 radical (unpaired) electrons. The van der Waals surface area contributed by atoms with Gasteiger partial charge in [-0.25, -0.2) is 0 Å². The fraction of sp³-hybridized carbons (Fsp3) is 0.462. The van der Waals surface area contributed by atoms with Crippen LogP contribution in [-0.2, 0) is 4.79 Å². The molecule has 94 valence electrons. The zero-order chi connectivity index (χ0) is 12.7. The van der Waals surface area contributed by atoms with Gasteiger partial charge in [0.15, 0.2) is 6.29 Å². The lowest BCUT2D eigenvalue weighted by Gasteiger charge is -2.22. The lowest BCUT2D eigenvalue weighted by Crippen LogP contribution is -2.19. The maximum absolute atomic E-state index is 10.3. The second-order valence-corrected chi connectivity index (χ2v) is 3.98. The smallest absolute Gasteiger partial charge is 0.157 e. The van der Waals surface area contributed by atoms with E-state index in [0.717, 1.165) is 31.4 Å². The number of aldehydes is 1. The summed E-state index contributed by atoms with van der Waals surface area (Å²) in [6.45, 7) is 3.16. The Hall–Kier alpha value is -1.71. The molecule has 17 heavy (non-hydrogen) atoms. The summed E-state index contributed by atoms with van der Waals surface area (Å²) < 4.78 is 5.38. The first-order valence-corrected chi connectivity index (χ1v) is 5.86. The molecule has 2 N–H and O–H groups in total. The number of nitrogen functional groups attached to an aromatic ring is 1. The largest absolute Gasteiger partial charge is 0.484 e. The number of hydrogen-bond donors (Lipinski definition) is 1. The van der Waals surface area contributed by atoms with Gasteiger partial charge in [0.25, 0.3) is 0 Å². The monoisotopic (exact) mass is 236 g/mol. The van der Waals surface area contributed by atoms with Crippen molar-refractivity contribution in [1.82, 2.24) is 0 Å². The summed E-state index contributed by atoms with van der Waals surface area (Å²) in [6.07, 6.45) is 3.00. The summed E-state index contributed by atoms with van der Waals surface area (Å²) in [5, 5.41) is 0. The van der Waals surface area contributed by atoms with E-state index in [0.29, 0.717) is 11.4 Å². The number of ether oxygens (including phenoxy) is 1. The number of carbonyl (C=O) groups is 1. The summed E-state index contributed by atoms with van der Waals surface area (Å²) in [6, 6.07) is 5.51. The van der Waals surface area contributed by atoms with E-state index in [1.807, 2.05) is 19.2 Å². The Kier molecular flexibility index (Phi) is 5.33. The molecule has 0 aliphatic rings. The van der Waals surface area contributed by atoms with E-state index in [1.165, 1.54) is 0 Å². The maximum atomic E-state index is 10.3. The van der Waals surface area contributed by atoms with Crippen LogP contribution in [0.5, 0.6) is 5.75 Å². The van der Waals surface area contributed by atoms with Crippen LogP contribution in [0.2, 0.25) is 0 Å². The molecule has 0 saturated carbocycles. The third-order valence-electron chi connectivity index (χ3n) is 2.55. The number of nitrogens with two attached hydrogens (primary N) is 1. The third-order valence-corrected chi connectivity index (χ3v) is 2.55. The van der Waals surface area contributed by atoms with E-state index in [2.05, 4.69) is 11.8 Å². The van der Waals surface area contributed by atoms with Crippen molar-refractivity contribution in [2.75, 3.05) is 30.8 Å². The molecule has 0 heterocycles. The summed E-state index contributed by atoms with van der Waals surface area (Å²) in [4.78, 5) is 12.5. The highest BCUT2D eigenvalue weighted by Crippen LogP contribution is 2.29. The number of hydrogen-bond acceptors (Lipinski definition) is 4. The fourth-order valence-corrected chi connectivity index (χ4v) is 1.60. The molecular weight excluding hydrogens is 216 g/mol. The molecule has 0 aliphatic heterocycles. The molecule has 4 nitrogen and oxygen atoms in total. The molecule has 0 saturated heterocycles. The molecule has 1 rings (SSSR count). The van der Waals surface area contributed by atoms with Crippen LogP contribution in [0, 0.1) is 0 Å². The highest BCUT2D eigenvalue weighted by Gasteiger charge is 2.08. The van der Waals surface area contributed by atoms with Crippen LogP contribution in [0.1, 0.15) is 19.8 Å². The summed E-state index contributed by atoms with van der Waals surface area (Å²) in [7, 11) is 2.01. The van der Waals surface area contributed by atoms with Crippen LogP contribution in [0.25, 0.3) is 0 Å². The van der Waals surface area contributed by atoms with Gasteiger partial charge in [-0.05, 0) is 18.6 Å². The van der Waals surface area contributed by atoms with Crippen LogP contribution < -0.4 is 15.4 Å². The second-order valence-electron chi connectivity index (χ2n) is 3.98. The Bertz CT molecular complexity index is 366. The predicted octanol–water partition coefficient (Wildman–Crippen LogP) is 2.08. The molecule has 1 aromatic rings. The molecule has 0 aromatic heterocycles. The lowest BCUT2D eigenvalue weighted by molar-refractivity contribution is -0.109. The average Bonchev–Trinajstić information content (AvgIpc) is 2.33. The molecule has 0 amide bonds. The Labute approximate surface area is 102 Å². The highest BCUT2D eigenvalue weighted by atomic mass is 16.5. The number of nitrogens with zero attached hydrogens (tertiary/aromatic N) is 1. The fourth-order valence-electron chi connectivity index (χ4n) is 1.60. The van der Waals surface area contributed by atoms with E-state index >= 15 is 0 Å². The number of unbranched alkanes of at least 4 members (excludes halogenated alkanes) is 1. The number of rotatable bonds is 7. The van der Waals surface area contributed by atoms with Gasteiger partial charge in [0.05, 0.1) is 5.69 Å². The molecule has 1 aromatic carbocycles. The molecule has 0 aliphatic carbocycles.